The van der Waals surface area contributed by atoms with Crippen molar-refractivity contribution in [2.45, 2.75) is 13.8 Å². The fourth-order valence-electron chi connectivity index (χ4n) is 2.23. The number of aliphatic carboxylic acids is 1. The number of amides is 3. The van der Waals surface area contributed by atoms with Crippen LogP contribution in [0.4, 0.5) is 4.79 Å². The van der Waals surface area contributed by atoms with Crippen molar-refractivity contribution in [3.8, 4) is 11.5 Å². The predicted molar refractivity (Wildman–Crippen MR) is 89.6 cm³/mol. The summed E-state index contributed by atoms with van der Waals surface area (Å²) < 4.78 is 10.6. The van der Waals surface area contributed by atoms with Crippen LogP contribution in [0.3, 0.4) is 0 Å². The third-order valence-electron chi connectivity index (χ3n) is 3.26. The van der Waals surface area contributed by atoms with E-state index in [4.69, 9.17) is 26.2 Å². The Labute approximate surface area is 149 Å². The molecule has 1 aromatic carbocycles. The minimum atomic E-state index is -1.15. The summed E-state index contributed by atoms with van der Waals surface area (Å²) in [7, 11) is 0. The average molecular weight is 369 g/mol. The van der Waals surface area contributed by atoms with Crippen molar-refractivity contribution >= 4 is 35.6 Å². The first kappa shape index (κ1) is 18.6. The summed E-state index contributed by atoms with van der Waals surface area (Å²) in [6.45, 7) is 3.44. The molecule has 8 nitrogen and oxygen atoms in total. The van der Waals surface area contributed by atoms with Gasteiger partial charge < -0.3 is 19.9 Å². The molecule has 0 bridgehead atoms. The highest BCUT2D eigenvalue weighted by molar-refractivity contribution is 6.32. The SMILES string of the molecule is CCOc1cc(/C=C2/NC(=O)N(CC)C2=O)cc(Cl)c1OCC(=O)O. The van der Waals surface area contributed by atoms with Gasteiger partial charge in [-0.15, -0.1) is 0 Å². The lowest BCUT2D eigenvalue weighted by Crippen LogP contribution is -2.30. The number of carboxylic acids is 1. The van der Waals surface area contributed by atoms with Crippen molar-refractivity contribution in [1.29, 1.82) is 0 Å². The Hall–Kier alpha value is -2.74. The van der Waals surface area contributed by atoms with Crippen LogP contribution < -0.4 is 14.8 Å². The van der Waals surface area contributed by atoms with Crippen LogP contribution in [0.25, 0.3) is 6.08 Å². The Morgan fingerprint density at radius 3 is 2.60 bits per heavy atom. The van der Waals surface area contributed by atoms with Crippen LogP contribution >= 0.6 is 11.6 Å². The van der Waals surface area contributed by atoms with Gasteiger partial charge in [-0.1, -0.05) is 11.6 Å². The molecule has 0 unspecified atom stereocenters. The van der Waals surface area contributed by atoms with Gasteiger partial charge in [-0.2, -0.15) is 0 Å². The van der Waals surface area contributed by atoms with Gasteiger partial charge in [-0.25, -0.2) is 9.59 Å². The van der Waals surface area contributed by atoms with Gasteiger partial charge in [0.25, 0.3) is 5.91 Å². The van der Waals surface area contributed by atoms with Crippen molar-refractivity contribution in [1.82, 2.24) is 10.2 Å². The number of carbonyl (C=O) groups excluding carboxylic acids is 2. The summed E-state index contributed by atoms with van der Waals surface area (Å²) in [4.78, 5) is 35.5. The smallest absolute Gasteiger partial charge is 0.341 e. The van der Waals surface area contributed by atoms with Crippen molar-refractivity contribution in [3.05, 3.63) is 28.4 Å². The van der Waals surface area contributed by atoms with Gasteiger partial charge in [0, 0.05) is 6.54 Å². The van der Waals surface area contributed by atoms with Crippen LogP contribution in [0.5, 0.6) is 11.5 Å². The third-order valence-corrected chi connectivity index (χ3v) is 3.54. The van der Waals surface area contributed by atoms with Crippen molar-refractivity contribution in [2.75, 3.05) is 19.8 Å². The fraction of sp³-hybridized carbons (Fsp3) is 0.312. The van der Waals surface area contributed by atoms with E-state index in [9.17, 15) is 14.4 Å². The van der Waals surface area contributed by atoms with E-state index in [1.165, 1.54) is 12.1 Å². The van der Waals surface area contributed by atoms with E-state index >= 15 is 0 Å². The number of nitrogens with one attached hydrogen (secondary N) is 1. The molecule has 0 aromatic heterocycles. The number of halogens is 1. The normalized spacial score (nSPS) is 15.5. The number of nitrogens with zero attached hydrogens (tertiary/aromatic N) is 1. The number of benzene rings is 1. The highest BCUT2D eigenvalue weighted by Gasteiger charge is 2.32. The fourth-order valence-corrected chi connectivity index (χ4v) is 2.51. The van der Waals surface area contributed by atoms with Crippen LogP contribution in [0.15, 0.2) is 17.8 Å². The lowest BCUT2D eigenvalue weighted by molar-refractivity contribution is -0.139. The second-order valence-corrected chi connectivity index (χ2v) is 5.39. The van der Waals surface area contributed by atoms with Gasteiger partial charge in [0.1, 0.15) is 5.70 Å². The Morgan fingerprint density at radius 1 is 1.32 bits per heavy atom. The molecule has 0 radical (unpaired) electrons. The van der Waals surface area contributed by atoms with Gasteiger partial charge in [-0.05, 0) is 37.6 Å². The number of urea groups is 1. The number of ether oxygens (including phenoxy) is 2. The molecular weight excluding hydrogens is 352 g/mol. The van der Waals surface area contributed by atoms with Gasteiger partial charge in [0.05, 0.1) is 11.6 Å². The van der Waals surface area contributed by atoms with Crippen LogP contribution in [0.1, 0.15) is 19.4 Å². The zero-order valence-electron chi connectivity index (χ0n) is 13.7. The molecule has 1 heterocycles. The molecule has 9 heteroatoms. The molecule has 0 saturated carbocycles. The lowest BCUT2D eigenvalue weighted by Gasteiger charge is -2.13. The van der Waals surface area contributed by atoms with Crippen molar-refractivity contribution < 1.29 is 29.0 Å². The molecule has 2 N–H and O–H groups in total. The zero-order valence-corrected chi connectivity index (χ0v) is 14.4. The van der Waals surface area contributed by atoms with Crippen molar-refractivity contribution in [2.24, 2.45) is 0 Å². The molecule has 2 rings (SSSR count). The number of carboxylic acid groups (broad SMARTS) is 1. The molecular formula is C16H17ClN2O6. The van der Waals surface area contributed by atoms with Crippen LogP contribution in [0, 0.1) is 0 Å². The summed E-state index contributed by atoms with van der Waals surface area (Å²) in [5.74, 6) is -1.24. The minimum Gasteiger partial charge on any atom is -0.490 e. The van der Waals surface area contributed by atoms with E-state index in [-0.39, 0.29) is 28.8 Å². The summed E-state index contributed by atoms with van der Waals surface area (Å²) in [5.41, 5.74) is 0.613. The van der Waals surface area contributed by atoms with Gasteiger partial charge in [0.15, 0.2) is 18.1 Å². The highest BCUT2D eigenvalue weighted by atomic mass is 35.5. The zero-order chi connectivity index (χ0) is 18.6. The number of carbonyl (C=O) groups is 3. The molecule has 1 aromatic rings. The molecule has 0 atom stereocenters. The molecule has 1 fully saturated rings. The van der Waals surface area contributed by atoms with Crippen molar-refractivity contribution in [3.63, 3.8) is 0 Å². The number of hydrogen-bond acceptors (Lipinski definition) is 5. The molecule has 1 aliphatic heterocycles. The van der Waals surface area contributed by atoms with Crippen LogP contribution in [0.2, 0.25) is 5.02 Å². The monoisotopic (exact) mass is 368 g/mol. The summed E-state index contributed by atoms with van der Waals surface area (Å²) in [6, 6.07) is 2.55. The maximum Gasteiger partial charge on any atom is 0.341 e. The van der Waals surface area contributed by atoms with E-state index in [1.54, 1.807) is 19.9 Å². The van der Waals surface area contributed by atoms with E-state index in [0.717, 1.165) is 4.90 Å². The molecule has 134 valence electrons. The topological polar surface area (TPSA) is 105 Å². The van der Waals surface area contributed by atoms with Gasteiger partial charge >= 0.3 is 12.0 Å². The van der Waals surface area contributed by atoms with E-state index < -0.39 is 24.5 Å². The Bertz CT molecular complexity index is 746. The van der Waals surface area contributed by atoms with Gasteiger partial charge in [0.2, 0.25) is 0 Å². The molecule has 25 heavy (non-hydrogen) atoms. The number of hydrogen-bond donors (Lipinski definition) is 2. The first-order valence-electron chi connectivity index (χ1n) is 7.52. The quantitative estimate of drug-likeness (QED) is 0.564. The highest BCUT2D eigenvalue weighted by Crippen LogP contribution is 2.37. The molecule has 0 aliphatic carbocycles. The minimum absolute atomic E-state index is 0.102. The molecule has 0 spiro atoms. The average Bonchev–Trinajstić information content (AvgIpc) is 2.80. The summed E-state index contributed by atoms with van der Waals surface area (Å²) in [5, 5.41) is 11.3. The number of rotatable bonds is 7. The Balaban J connectivity index is 2.36. The Kier molecular flexibility index (Phi) is 5.87. The van der Waals surface area contributed by atoms with E-state index in [1.807, 2.05) is 0 Å². The largest absolute Gasteiger partial charge is 0.490 e. The first-order valence-corrected chi connectivity index (χ1v) is 7.90. The first-order chi connectivity index (χ1) is 11.9. The summed E-state index contributed by atoms with van der Waals surface area (Å²) in [6.07, 6.45) is 1.46. The predicted octanol–water partition coefficient (Wildman–Crippen LogP) is 2.11. The number of likely N-dealkylation sites (N-methyl/N-ethyl adjacent to an activating group) is 1. The van der Waals surface area contributed by atoms with E-state index in [0.29, 0.717) is 12.2 Å². The lowest BCUT2D eigenvalue weighted by atomic mass is 10.1. The van der Waals surface area contributed by atoms with Crippen LogP contribution in [-0.4, -0.2) is 47.7 Å². The number of imide groups is 1. The second-order valence-electron chi connectivity index (χ2n) is 4.98. The Morgan fingerprint density at radius 2 is 2.04 bits per heavy atom. The third kappa shape index (κ3) is 4.21. The second kappa shape index (κ2) is 7.89. The van der Waals surface area contributed by atoms with E-state index in [2.05, 4.69) is 5.32 Å². The summed E-state index contributed by atoms with van der Waals surface area (Å²) >= 11 is 6.15. The standard InChI is InChI=1S/C16H17ClN2O6/c1-3-19-15(22)11(18-16(19)23)6-9-5-10(17)14(25-8-13(20)21)12(7-9)24-4-2/h5-7H,3-4,8H2,1-2H3,(H,18,23)(H,20,21)/b11-6+. The molecule has 1 saturated heterocycles. The molecule has 3 amide bonds. The van der Waals surface area contributed by atoms with Gasteiger partial charge in [-0.3, -0.25) is 9.69 Å². The maximum atomic E-state index is 12.1. The maximum absolute atomic E-state index is 12.1. The molecule has 1 aliphatic rings. The van der Waals surface area contributed by atoms with Crippen LogP contribution in [-0.2, 0) is 9.59 Å².